The summed E-state index contributed by atoms with van der Waals surface area (Å²) >= 11 is 0. The van der Waals surface area contributed by atoms with E-state index in [2.05, 4.69) is 0 Å². The van der Waals surface area contributed by atoms with Crippen molar-refractivity contribution in [1.29, 1.82) is 0 Å². The summed E-state index contributed by atoms with van der Waals surface area (Å²) in [6.45, 7) is 1.59. The Balaban J connectivity index is 2.06. The Bertz CT molecular complexity index is 452. The summed E-state index contributed by atoms with van der Waals surface area (Å²) in [6.07, 6.45) is -4.34. The molecule has 2 rings (SSSR count). The van der Waals surface area contributed by atoms with Crippen LogP contribution < -0.4 is 0 Å². The minimum atomic E-state index is -4.34. The molecule has 1 N–H and O–H groups in total. The fourth-order valence-corrected chi connectivity index (χ4v) is 2.48. The second-order valence-corrected chi connectivity index (χ2v) is 5.48. The van der Waals surface area contributed by atoms with Crippen LogP contribution in [0.4, 0.5) is 13.2 Å². The van der Waals surface area contributed by atoms with Gasteiger partial charge in [-0.05, 0) is 18.7 Å². The maximum Gasteiger partial charge on any atom is 0.416 e. The summed E-state index contributed by atoms with van der Waals surface area (Å²) in [5.74, 6) is 0. The first-order valence-corrected chi connectivity index (χ1v) is 6.39. The highest BCUT2D eigenvalue weighted by molar-refractivity contribution is 5.29. The highest BCUT2D eigenvalue weighted by Crippen LogP contribution is 2.33. The molecule has 1 fully saturated rings. The van der Waals surface area contributed by atoms with Crippen molar-refractivity contribution in [3.8, 4) is 0 Å². The number of rotatable bonds is 5. The van der Waals surface area contributed by atoms with E-state index in [1.54, 1.807) is 18.0 Å². The van der Waals surface area contributed by atoms with Gasteiger partial charge in [-0.2, -0.15) is 13.2 Å². The fraction of sp³-hybridized carbons (Fsp3) is 0.571. The van der Waals surface area contributed by atoms with Crippen LogP contribution in [0.5, 0.6) is 0 Å². The van der Waals surface area contributed by atoms with Crippen molar-refractivity contribution in [3.05, 3.63) is 35.4 Å². The van der Waals surface area contributed by atoms with Gasteiger partial charge in [-0.1, -0.05) is 18.2 Å². The van der Waals surface area contributed by atoms with Crippen molar-refractivity contribution in [2.45, 2.75) is 12.7 Å². The summed E-state index contributed by atoms with van der Waals surface area (Å²) in [6, 6.07) is 5.58. The molecule has 0 spiro atoms. The first-order valence-electron chi connectivity index (χ1n) is 6.39. The van der Waals surface area contributed by atoms with Gasteiger partial charge in [0.1, 0.15) is 0 Å². The molecule has 6 heteroatoms. The molecule has 112 valence electrons. The number of ether oxygens (including phenoxy) is 1. The third-order valence-corrected chi connectivity index (χ3v) is 3.52. The molecule has 20 heavy (non-hydrogen) atoms. The van der Waals surface area contributed by atoms with E-state index in [-0.39, 0.29) is 24.1 Å². The quantitative estimate of drug-likeness (QED) is 0.901. The third kappa shape index (κ3) is 3.31. The molecule has 1 heterocycles. The van der Waals surface area contributed by atoms with Gasteiger partial charge < -0.3 is 14.7 Å². The van der Waals surface area contributed by atoms with Crippen LogP contribution in [0.1, 0.15) is 11.1 Å². The van der Waals surface area contributed by atoms with E-state index in [0.29, 0.717) is 19.8 Å². The van der Waals surface area contributed by atoms with E-state index >= 15 is 0 Å². The number of aliphatic hydroxyl groups excluding tert-OH is 1. The summed E-state index contributed by atoms with van der Waals surface area (Å²) in [7, 11) is 1.75. The lowest BCUT2D eigenvalue weighted by Crippen LogP contribution is -2.52. The molecule has 0 aliphatic carbocycles. The Kier molecular flexibility index (Phi) is 4.36. The zero-order chi connectivity index (χ0) is 14.8. The molecule has 1 aromatic rings. The maximum absolute atomic E-state index is 12.9. The molecule has 0 saturated carbocycles. The van der Waals surface area contributed by atoms with Crippen molar-refractivity contribution < 1.29 is 23.0 Å². The molecule has 0 bridgehead atoms. The van der Waals surface area contributed by atoms with Crippen LogP contribution in [-0.2, 0) is 17.5 Å². The van der Waals surface area contributed by atoms with Crippen molar-refractivity contribution in [1.82, 2.24) is 4.90 Å². The van der Waals surface area contributed by atoms with Crippen LogP contribution in [0.15, 0.2) is 24.3 Å². The third-order valence-electron chi connectivity index (χ3n) is 3.52. The van der Waals surface area contributed by atoms with Crippen LogP contribution in [0.2, 0.25) is 0 Å². The first-order chi connectivity index (χ1) is 9.36. The molecule has 1 aliphatic heterocycles. The van der Waals surface area contributed by atoms with Crippen LogP contribution in [0, 0.1) is 5.41 Å². The van der Waals surface area contributed by atoms with Crippen LogP contribution in [0.3, 0.4) is 0 Å². The Hall–Kier alpha value is -1.11. The summed E-state index contributed by atoms with van der Waals surface area (Å²) < 4.78 is 43.8. The summed E-state index contributed by atoms with van der Waals surface area (Å²) in [5, 5.41) is 9.35. The van der Waals surface area contributed by atoms with E-state index in [1.807, 2.05) is 0 Å². The minimum Gasteiger partial charge on any atom is -0.396 e. The summed E-state index contributed by atoms with van der Waals surface area (Å²) in [5.41, 5.74) is -0.687. The van der Waals surface area contributed by atoms with Gasteiger partial charge in [0.25, 0.3) is 0 Å². The average molecular weight is 289 g/mol. The van der Waals surface area contributed by atoms with Crippen LogP contribution in [-0.4, -0.2) is 43.4 Å². The maximum atomic E-state index is 12.9. The highest BCUT2D eigenvalue weighted by Gasteiger charge is 2.39. The zero-order valence-corrected chi connectivity index (χ0v) is 11.3. The molecular weight excluding hydrogens is 271 g/mol. The van der Waals surface area contributed by atoms with Gasteiger partial charge in [-0.3, -0.25) is 0 Å². The average Bonchev–Trinajstić information content (AvgIpc) is 2.33. The van der Waals surface area contributed by atoms with Gasteiger partial charge in [0.15, 0.2) is 0 Å². The number of aliphatic hydroxyl groups is 1. The van der Waals surface area contributed by atoms with Gasteiger partial charge >= 0.3 is 6.18 Å². The topological polar surface area (TPSA) is 32.7 Å². The molecule has 1 aliphatic rings. The standard InChI is InChI=1S/C14H18F3NO2/c1-18(7-13(8-19)9-20-10-13)6-11-4-2-3-5-12(11)14(15,16)17/h2-5,19H,6-10H2,1H3. The molecular formula is C14H18F3NO2. The number of alkyl halides is 3. The van der Waals surface area contributed by atoms with E-state index in [0.717, 1.165) is 6.07 Å². The van der Waals surface area contributed by atoms with Gasteiger partial charge in [-0.25, -0.2) is 0 Å². The molecule has 0 radical (unpaired) electrons. The lowest BCUT2D eigenvalue weighted by atomic mass is 9.86. The second-order valence-electron chi connectivity index (χ2n) is 5.48. The highest BCUT2D eigenvalue weighted by atomic mass is 19.4. The number of hydrogen-bond donors (Lipinski definition) is 1. The Morgan fingerprint density at radius 3 is 2.45 bits per heavy atom. The molecule has 1 aromatic carbocycles. The second kappa shape index (κ2) is 5.71. The van der Waals surface area contributed by atoms with Gasteiger partial charge in [0.2, 0.25) is 0 Å². The number of halogens is 3. The number of nitrogens with zero attached hydrogens (tertiary/aromatic N) is 1. The largest absolute Gasteiger partial charge is 0.416 e. The molecule has 0 aromatic heterocycles. The normalized spacial score (nSPS) is 18.1. The molecule has 0 atom stereocenters. The monoisotopic (exact) mass is 289 g/mol. The Labute approximate surface area is 116 Å². The lowest BCUT2D eigenvalue weighted by molar-refractivity contribution is -0.148. The molecule has 3 nitrogen and oxygen atoms in total. The Morgan fingerprint density at radius 1 is 1.30 bits per heavy atom. The van der Waals surface area contributed by atoms with E-state index in [4.69, 9.17) is 4.74 Å². The minimum absolute atomic E-state index is 0.0156. The van der Waals surface area contributed by atoms with E-state index in [9.17, 15) is 18.3 Å². The van der Waals surface area contributed by atoms with Crippen molar-refractivity contribution in [2.24, 2.45) is 5.41 Å². The molecule has 0 amide bonds. The van der Waals surface area contributed by atoms with Gasteiger partial charge in [-0.15, -0.1) is 0 Å². The molecule has 1 saturated heterocycles. The fourth-order valence-electron chi connectivity index (χ4n) is 2.48. The number of hydrogen-bond acceptors (Lipinski definition) is 3. The van der Waals surface area contributed by atoms with Crippen molar-refractivity contribution in [2.75, 3.05) is 33.4 Å². The zero-order valence-electron chi connectivity index (χ0n) is 11.3. The SMILES string of the molecule is CN(Cc1ccccc1C(F)(F)F)CC1(CO)COC1. The lowest BCUT2D eigenvalue weighted by Gasteiger charge is -2.42. The predicted molar refractivity (Wildman–Crippen MR) is 68.1 cm³/mol. The van der Waals surface area contributed by atoms with Gasteiger partial charge in [0.05, 0.1) is 30.8 Å². The number of benzene rings is 1. The summed E-state index contributed by atoms with van der Waals surface area (Å²) in [4.78, 5) is 1.79. The van der Waals surface area contributed by atoms with E-state index in [1.165, 1.54) is 12.1 Å². The van der Waals surface area contributed by atoms with Crippen molar-refractivity contribution in [3.63, 3.8) is 0 Å². The van der Waals surface area contributed by atoms with Crippen molar-refractivity contribution >= 4 is 0 Å². The van der Waals surface area contributed by atoms with E-state index < -0.39 is 11.7 Å². The smallest absolute Gasteiger partial charge is 0.396 e. The predicted octanol–water partition coefficient (Wildman–Crippen LogP) is 2.15. The molecule has 0 unspecified atom stereocenters. The van der Waals surface area contributed by atoms with Crippen LogP contribution in [0.25, 0.3) is 0 Å². The van der Waals surface area contributed by atoms with Crippen LogP contribution >= 0.6 is 0 Å². The first kappa shape index (κ1) is 15.3. The van der Waals surface area contributed by atoms with Gasteiger partial charge in [0, 0.05) is 13.1 Å². The Morgan fingerprint density at radius 2 is 1.95 bits per heavy atom.